The van der Waals surface area contributed by atoms with Crippen LogP contribution in [-0.2, 0) is 12.8 Å². The molecule has 0 saturated heterocycles. The summed E-state index contributed by atoms with van der Waals surface area (Å²) in [6.45, 7) is 0. The zero-order valence-electron chi connectivity index (χ0n) is 10.2. The lowest BCUT2D eigenvalue weighted by molar-refractivity contribution is 0.686. The number of nitrogens with two attached hydrogens (primary N) is 1. The van der Waals surface area contributed by atoms with Crippen molar-refractivity contribution in [3.05, 3.63) is 51.8 Å². The molecule has 1 heterocycles. The normalized spacial score (nSPS) is 14.2. The van der Waals surface area contributed by atoms with Crippen molar-refractivity contribution in [2.24, 2.45) is 0 Å². The van der Waals surface area contributed by atoms with E-state index in [2.05, 4.69) is 23.2 Å². The highest BCUT2D eigenvalue weighted by molar-refractivity contribution is 5.62. The van der Waals surface area contributed by atoms with Gasteiger partial charge in [0.2, 0.25) is 0 Å². The first-order chi connectivity index (χ1) is 8.74. The molecule has 18 heavy (non-hydrogen) atoms. The minimum atomic E-state index is -0.217. The van der Waals surface area contributed by atoms with Crippen LogP contribution in [0.1, 0.15) is 24.0 Å². The maximum absolute atomic E-state index is 11.5. The maximum Gasteiger partial charge on any atom is 0.271 e. The number of aromatic amines is 1. The quantitative estimate of drug-likeness (QED) is 0.804. The topological polar surface area (TPSA) is 58.9 Å². The number of nitrogen functional groups attached to an aromatic ring is 1. The second-order valence-electron chi connectivity index (χ2n) is 4.85. The molecule has 92 valence electrons. The number of hydrogen-bond donors (Lipinski definition) is 2. The van der Waals surface area contributed by atoms with Crippen LogP contribution in [0.25, 0.3) is 11.3 Å². The van der Waals surface area contributed by atoms with E-state index in [0.29, 0.717) is 0 Å². The Balaban J connectivity index is 2.06. The van der Waals surface area contributed by atoms with Gasteiger partial charge >= 0.3 is 0 Å². The van der Waals surface area contributed by atoms with E-state index in [9.17, 15) is 4.79 Å². The van der Waals surface area contributed by atoms with Gasteiger partial charge in [-0.15, -0.1) is 0 Å². The number of fused-ring (bicyclic) bond motifs is 1. The van der Waals surface area contributed by atoms with Crippen LogP contribution in [0.2, 0.25) is 0 Å². The summed E-state index contributed by atoms with van der Waals surface area (Å²) in [6, 6.07) is 9.97. The third-order valence-corrected chi connectivity index (χ3v) is 3.60. The molecule has 0 bridgehead atoms. The molecule has 0 amide bonds. The van der Waals surface area contributed by atoms with Crippen LogP contribution in [0, 0.1) is 0 Å². The molecule has 3 N–H and O–H groups in total. The fourth-order valence-electron chi connectivity index (χ4n) is 2.55. The zero-order chi connectivity index (χ0) is 12.5. The highest BCUT2D eigenvalue weighted by atomic mass is 16.1. The van der Waals surface area contributed by atoms with Crippen LogP contribution >= 0.6 is 0 Å². The number of nitrogens with one attached hydrogen (secondary N) is 1. The van der Waals surface area contributed by atoms with Crippen LogP contribution in [-0.4, -0.2) is 4.98 Å². The fourth-order valence-corrected chi connectivity index (χ4v) is 2.55. The van der Waals surface area contributed by atoms with E-state index in [1.807, 2.05) is 6.07 Å². The van der Waals surface area contributed by atoms with E-state index in [4.69, 9.17) is 5.73 Å². The number of H-pyrrole nitrogens is 1. The van der Waals surface area contributed by atoms with Gasteiger partial charge in [0.1, 0.15) is 0 Å². The molecule has 1 aliphatic rings. The number of benzene rings is 1. The van der Waals surface area contributed by atoms with Crippen LogP contribution < -0.4 is 11.3 Å². The number of aromatic nitrogens is 1. The summed E-state index contributed by atoms with van der Waals surface area (Å²) in [6.07, 6.45) is 4.86. The van der Waals surface area contributed by atoms with E-state index in [0.717, 1.165) is 17.7 Å². The van der Waals surface area contributed by atoms with Crippen molar-refractivity contribution in [2.45, 2.75) is 25.7 Å². The lowest BCUT2D eigenvalue weighted by atomic mass is 9.90. The molecular weight excluding hydrogens is 224 g/mol. The molecule has 1 aliphatic carbocycles. The molecule has 3 heteroatoms. The number of aryl methyl sites for hydroxylation is 2. The molecule has 3 nitrogen and oxygen atoms in total. The average Bonchev–Trinajstić information content (AvgIpc) is 2.41. The van der Waals surface area contributed by atoms with Gasteiger partial charge in [0.05, 0.1) is 5.69 Å². The number of pyridine rings is 1. The van der Waals surface area contributed by atoms with Crippen molar-refractivity contribution in [2.75, 3.05) is 5.73 Å². The van der Waals surface area contributed by atoms with Gasteiger partial charge in [-0.3, -0.25) is 4.79 Å². The Morgan fingerprint density at radius 2 is 1.78 bits per heavy atom. The smallest absolute Gasteiger partial charge is 0.271 e. The van der Waals surface area contributed by atoms with Crippen LogP contribution in [0.5, 0.6) is 0 Å². The summed E-state index contributed by atoms with van der Waals surface area (Å²) in [5, 5.41) is 0. The fraction of sp³-hybridized carbons (Fsp3) is 0.267. The summed E-state index contributed by atoms with van der Waals surface area (Å²) in [4.78, 5) is 14.3. The van der Waals surface area contributed by atoms with Crippen LogP contribution in [0.3, 0.4) is 0 Å². The number of anilines is 1. The third-order valence-electron chi connectivity index (χ3n) is 3.60. The van der Waals surface area contributed by atoms with Gasteiger partial charge in [0.15, 0.2) is 0 Å². The van der Waals surface area contributed by atoms with Gasteiger partial charge in [0.25, 0.3) is 5.56 Å². The van der Waals surface area contributed by atoms with Crippen molar-refractivity contribution in [3.8, 4) is 11.3 Å². The molecular formula is C15H16N2O. The molecule has 3 rings (SSSR count). The minimum absolute atomic E-state index is 0.217. The van der Waals surface area contributed by atoms with Gasteiger partial charge in [-0.25, -0.2) is 0 Å². The minimum Gasteiger partial charge on any atom is -0.394 e. The standard InChI is InChI=1S/C15H16N2O/c16-13-7-8-14(17-15(13)18)12-6-5-10-3-1-2-4-11(10)9-12/h5-9H,1-4,16H2,(H,17,18). The molecule has 2 aromatic rings. The maximum atomic E-state index is 11.5. The van der Waals surface area contributed by atoms with E-state index in [-0.39, 0.29) is 11.2 Å². The second kappa shape index (κ2) is 4.33. The van der Waals surface area contributed by atoms with E-state index >= 15 is 0 Å². The molecule has 0 atom stereocenters. The van der Waals surface area contributed by atoms with Gasteiger partial charge in [-0.2, -0.15) is 0 Å². The molecule has 0 radical (unpaired) electrons. The Labute approximate surface area is 106 Å². The predicted octanol–water partition coefficient (Wildman–Crippen LogP) is 2.50. The Hall–Kier alpha value is -2.03. The molecule has 0 aliphatic heterocycles. The number of rotatable bonds is 1. The summed E-state index contributed by atoms with van der Waals surface area (Å²) in [5.74, 6) is 0. The first-order valence-electron chi connectivity index (χ1n) is 6.35. The third kappa shape index (κ3) is 1.92. The van der Waals surface area contributed by atoms with Crippen molar-refractivity contribution in [1.82, 2.24) is 4.98 Å². The molecule has 1 aromatic heterocycles. The van der Waals surface area contributed by atoms with Crippen LogP contribution in [0.4, 0.5) is 5.69 Å². The van der Waals surface area contributed by atoms with Gasteiger partial charge < -0.3 is 10.7 Å². The SMILES string of the molecule is Nc1ccc(-c2ccc3c(c2)CCCC3)[nH]c1=O. The van der Waals surface area contributed by atoms with Crippen molar-refractivity contribution in [1.29, 1.82) is 0 Å². The van der Waals surface area contributed by atoms with Crippen molar-refractivity contribution in [3.63, 3.8) is 0 Å². The highest BCUT2D eigenvalue weighted by Gasteiger charge is 2.10. The largest absolute Gasteiger partial charge is 0.394 e. The summed E-state index contributed by atoms with van der Waals surface area (Å²) >= 11 is 0. The van der Waals surface area contributed by atoms with E-state index in [1.54, 1.807) is 6.07 Å². The number of hydrogen-bond acceptors (Lipinski definition) is 2. The molecule has 0 fully saturated rings. The first kappa shape index (κ1) is 11.1. The molecule has 0 saturated carbocycles. The van der Waals surface area contributed by atoms with E-state index < -0.39 is 0 Å². The first-order valence-corrected chi connectivity index (χ1v) is 6.35. The molecule has 0 spiro atoms. The molecule has 1 aromatic carbocycles. The summed E-state index contributed by atoms with van der Waals surface area (Å²) in [5.41, 5.74) is 10.3. The Kier molecular flexibility index (Phi) is 2.67. The Morgan fingerprint density at radius 3 is 2.56 bits per heavy atom. The zero-order valence-corrected chi connectivity index (χ0v) is 10.2. The highest BCUT2D eigenvalue weighted by Crippen LogP contribution is 2.26. The Morgan fingerprint density at radius 1 is 1.00 bits per heavy atom. The summed E-state index contributed by atoms with van der Waals surface area (Å²) in [7, 11) is 0. The van der Waals surface area contributed by atoms with Gasteiger partial charge in [-0.05, 0) is 60.6 Å². The van der Waals surface area contributed by atoms with Gasteiger partial charge in [-0.1, -0.05) is 12.1 Å². The lowest BCUT2D eigenvalue weighted by Gasteiger charge is -2.16. The lowest BCUT2D eigenvalue weighted by Crippen LogP contribution is -2.11. The van der Waals surface area contributed by atoms with Gasteiger partial charge in [0, 0.05) is 5.69 Å². The second-order valence-corrected chi connectivity index (χ2v) is 4.85. The van der Waals surface area contributed by atoms with E-state index in [1.165, 1.54) is 30.4 Å². The predicted molar refractivity (Wildman–Crippen MR) is 73.6 cm³/mol. The summed E-state index contributed by atoms with van der Waals surface area (Å²) < 4.78 is 0. The van der Waals surface area contributed by atoms with Crippen molar-refractivity contribution >= 4 is 5.69 Å². The average molecular weight is 240 g/mol. The monoisotopic (exact) mass is 240 g/mol. The van der Waals surface area contributed by atoms with Crippen molar-refractivity contribution < 1.29 is 0 Å². The molecule has 0 unspecified atom stereocenters. The van der Waals surface area contributed by atoms with Crippen LogP contribution in [0.15, 0.2) is 35.1 Å². The Bertz CT molecular complexity index is 643.